The van der Waals surface area contributed by atoms with Crippen molar-refractivity contribution in [3.8, 4) is 0 Å². The number of hydrogen-bond donors (Lipinski definition) is 1. The summed E-state index contributed by atoms with van der Waals surface area (Å²) in [7, 11) is 0. The summed E-state index contributed by atoms with van der Waals surface area (Å²) < 4.78 is 5.02. The second kappa shape index (κ2) is 5.09. The molecule has 1 aliphatic heterocycles. The molecule has 2 aromatic carbocycles. The molecule has 0 spiro atoms. The Hall–Kier alpha value is -1.55. The third-order valence-corrected chi connectivity index (χ3v) is 4.16. The van der Waals surface area contributed by atoms with Crippen LogP contribution in [0.25, 0.3) is 10.8 Å². The molecule has 0 saturated heterocycles. The SMILES string of the molecule is O=C1OC(C(O)c2cccc3ccccc23)C(Cl)=C1Cl. The van der Waals surface area contributed by atoms with Crippen molar-refractivity contribution in [1.82, 2.24) is 0 Å². The molecule has 2 atom stereocenters. The van der Waals surface area contributed by atoms with E-state index in [2.05, 4.69) is 0 Å². The van der Waals surface area contributed by atoms with E-state index in [1.165, 1.54) is 0 Å². The number of fused-ring (bicyclic) bond motifs is 1. The summed E-state index contributed by atoms with van der Waals surface area (Å²) in [6.45, 7) is 0. The van der Waals surface area contributed by atoms with Gasteiger partial charge >= 0.3 is 5.97 Å². The van der Waals surface area contributed by atoms with Gasteiger partial charge in [0.2, 0.25) is 0 Å². The first-order valence-corrected chi connectivity index (χ1v) is 6.77. The van der Waals surface area contributed by atoms with Crippen LogP contribution >= 0.6 is 23.2 Å². The largest absolute Gasteiger partial charge is 0.449 e. The van der Waals surface area contributed by atoms with Gasteiger partial charge in [0.25, 0.3) is 0 Å². The Bertz CT molecular complexity index is 719. The van der Waals surface area contributed by atoms with E-state index in [4.69, 9.17) is 27.9 Å². The van der Waals surface area contributed by atoms with Crippen LogP contribution in [-0.4, -0.2) is 17.2 Å². The van der Waals surface area contributed by atoms with E-state index in [9.17, 15) is 9.90 Å². The highest BCUT2D eigenvalue weighted by Gasteiger charge is 2.38. The second-order valence-electron chi connectivity index (χ2n) is 4.50. The molecule has 5 heteroatoms. The minimum atomic E-state index is -1.06. The van der Waals surface area contributed by atoms with Gasteiger partial charge < -0.3 is 9.84 Å². The van der Waals surface area contributed by atoms with Crippen LogP contribution in [0.5, 0.6) is 0 Å². The Morgan fingerprint density at radius 2 is 1.80 bits per heavy atom. The molecule has 2 aromatic rings. The average molecular weight is 309 g/mol. The first-order chi connectivity index (χ1) is 9.59. The van der Waals surface area contributed by atoms with Crippen molar-refractivity contribution in [2.24, 2.45) is 0 Å². The van der Waals surface area contributed by atoms with Crippen molar-refractivity contribution in [3.63, 3.8) is 0 Å². The number of rotatable bonds is 2. The standard InChI is InChI=1S/C15H10Cl2O3/c16-11-12(17)15(19)20-14(11)13(18)10-7-3-5-8-4-1-2-6-9(8)10/h1-7,13-14,18H. The first kappa shape index (κ1) is 13.4. The van der Waals surface area contributed by atoms with E-state index in [1.807, 2.05) is 36.4 Å². The van der Waals surface area contributed by atoms with Gasteiger partial charge in [0.1, 0.15) is 11.1 Å². The quantitative estimate of drug-likeness (QED) is 0.864. The van der Waals surface area contributed by atoms with E-state index in [1.54, 1.807) is 6.07 Å². The van der Waals surface area contributed by atoms with Crippen molar-refractivity contribution in [1.29, 1.82) is 0 Å². The Labute approximate surface area is 125 Å². The van der Waals surface area contributed by atoms with Gasteiger partial charge in [-0.05, 0) is 16.3 Å². The zero-order valence-corrected chi connectivity index (χ0v) is 11.7. The van der Waals surface area contributed by atoms with Crippen LogP contribution in [0, 0.1) is 0 Å². The topological polar surface area (TPSA) is 46.5 Å². The van der Waals surface area contributed by atoms with Crippen LogP contribution in [0.3, 0.4) is 0 Å². The summed E-state index contributed by atoms with van der Waals surface area (Å²) in [5.74, 6) is -0.707. The normalized spacial score (nSPS) is 20.4. The van der Waals surface area contributed by atoms with Gasteiger partial charge in [-0.25, -0.2) is 4.79 Å². The van der Waals surface area contributed by atoms with Crippen molar-refractivity contribution in [2.75, 3.05) is 0 Å². The van der Waals surface area contributed by atoms with E-state index in [0.29, 0.717) is 5.56 Å². The summed E-state index contributed by atoms with van der Waals surface area (Å²) in [5.41, 5.74) is 0.644. The van der Waals surface area contributed by atoms with Gasteiger partial charge in [-0.2, -0.15) is 0 Å². The first-order valence-electron chi connectivity index (χ1n) is 6.01. The number of carbonyl (C=O) groups is 1. The van der Waals surface area contributed by atoms with Gasteiger partial charge in [-0.15, -0.1) is 0 Å². The van der Waals surface area contributed by atoms with Crippen LogP contribution in [0.15, 0.2) is 52.5 Å². The van der Waals surface area contributed by atoms with Crippen molar-refractivity contribution in [2.45, 2.75) is 12.2 Å². The lowest BCUT2D eigenvalue weighted by Gasteiger charge is -2.19. The summed E-state index contributed by atoms with van der Waals surface area (Å²) in [5, 5.41) is 12.2. The van der Waals surface area contributed by atoms with E-state index >= 15 is 0 Å². The number of halogens is 2. The number of aliphatic hydroxyl groups excluding tert-OH is 1. The molecule has 0 saturated carbocycles. The van der Waals surface area contributed by atoms with Crippen molar-refractivity contribution in [3.05, 3.63) is 58.1 Å². The van der Waals surface area contributed by atoms with Gasteiger partial charge in [0.15, 0.2) is 6.10 Å². The van der Waals surface area contributed by atoms with Crippen LogP contribution in [0.1, 0.15) is 11.7 Å². The lowest BCUT2D eigenvalue weighted by molar-refractivity contribution is -0.143. The van der Waals surface area contributed by atoms with Crippen LogP contribution in [0.4, 0.5) is 0 Å². The molecular weight excluding hydrogens is 299 g/mol. The highest BCUT2D eigenvalue weighted by Crippen LogP contribution is 2.37. The molecule has 1 aliphatic rings. The predicted molar refractivity (Wildman–Crippen MR) is 77.5 cm³/mol. The maximum absolute atomic E-state index is 11.4. The maximum atomic E-state index is 11.4. The minimum absolute atomic E-state index is 0.0390. The lowest BCUT2D eigenvalue weighted by atomic mass is 9.97. The monoisotopic (exact) mass is 308 g/mol. The molecular formula is C15H10Cl2O3. The number of aliphatic hydroxyl groups is 1. The number of ether oxygens (including phenoxy) is 1. The maximum Gasteiger partial charge on any atom is 0.351 e. The molecule has 2 unspecified atom stereocenters. The fourth-order valence-corrected chi connectivity index (χ4v) is 2.71. The molecule has 1 heterocycles. The lowest BCUT2D eigenvalue weighted by Crippen LogP contribution is -2.20. The zero-order valence-electron chi connectivity index (χ0n) is 10.2. The number of benzene rings is 2. The highest BCUT2D eigenvalue weighted by molar-refractivity contribution is 6.48. The van der Waals surface area contributed by atoms with Gasteiger partial charge in [0.05, 0.1) is 5.03 Å². The molecule has 0 bridgehead atoms. The molecule has 0 fully saturated rings. The Kier molecular flexibility index (Phi) is 3.42. The predicted octanol–water partition coefficient (Wildman–Crippen LogP) is 3.49. The average Bonchev–Trinajstić information content (AvgIpc) is 2.73. The highest BCUT2D eigenvalue weighted by atomic mass is 35.5. The van der Waals surface area contributed by atoms with Crippen LogP contribution in [0.2, 0.25) is 0 Å². The zero-order chi connectivity index (χ0) is 14.3. The van der Waals surface area contributed by atoms with Gasteiger partial charge in [-0.3, -0.25) is 0 Å². The fraction of sp³-hybridized carbons (Fsp3) is 0.133. The smallest absolute Gasteiger partial charge is 0.351 e. The van der Waals surface area contributed by atoms with Crippen LogP contribution in [-0.2, 0) is 9.53 Å². The summed E-state index contributed by atoms with van der Waals surface area (Å²) in [6.07, 6.45) is -2.02. The summed E-state index contributed by atoms with van der Waals surface area (Å²) in [6, 6.07) is 13.2. The molecule has 102 valence electrons. The second-order valence-corrected chi connectivity index (χ2v) is 5.29. The fourth-order valence-electron chi connectivity index (χ4n) is 2.32. The number of carbonyl (C=O) groups excluding carboxylic acids is 1. The minimum Gasteiger partial charge on any atom is -0.449 e. The number of hydrogen-bond acceptors (Lipinski definition) is 3. The van der Waals surface area contributed by atoms with Crippen LogP contribution < -0.4 is 0 Å². The van der Waals surface area contributed by atoms with E-state index in [0.717, 1.165) is 10.8 Å². The Morgan fingerprint density at radius 1 is 1.10 bits per heavy atom. The molecule has 1 N–H and O–H groups in total. The third-order valence-electron chi connectivity index (χ3n) is 3.30. The molecule has 20 heavy (non-hydrogen) atoms. The molecule has 3 nitrogen and oxygen atoms in total. The van der Waals surface area contributed by atoms with Crippen molar-refractivity contribution >= 4 is 39.9 Å². The van der Waals surface area contributed by atoms with Gasteiger partial charge in [-0.1, -0.05) is 65.7 Å². The van der Waals surface area contributed by atoms with E-state index < -0.39 is 18.2 Å². The number of esters is 1. The third kappa shape index (κ3) is 2.08. The Morgan fingerprint density at radius 3 is 2.50 bits per heavy atom. The van der Waals surface area contributed by atoms with Gasteiger partial charge in [0, 0.05) is 0 Å². The van der Waals surface area contributed by atoms with E-state index in [-0.39, 0.29) is 10.1 Å². The molecule has 0 aromatic heterocycles. The summed E-state index contributed by atoms with van der Waals surface area (Å²) in [4.78, 5) is 11.4. The molecule has 0 amide bonds. The number of cyclic esters (lactones) is 1. The molecule has 0 aliphatic carbocycles. The Balaban J connectivity index is 2.06. The molecule has 3 rings (SSSR count). The summed E-state index contributed by atoms with van der Waals surface area (Å²) >= 11 is 11.7. The van der Waals surface area contributed by atoms with Crippen molar-refractivity contribution < 1.29 is 14.6 Å². The molecule has 0 radical (unpaired) electrons.